The van der Waals surface area contributed by atoms with Crippen molar-refractivity contribution in [1.29, 1.82) is 0 Å². The number of likely N-dealkylation sites (tertiary alicyclic amines) is 1. The summed E-state index contributed by atoms with van der Waals surface area (Å²) in [7, 11) is 0. The molecule has 2 amide bonds. The number of nitrogens with two attached hydrogens (primary N) is 1. The van der Waals surface area contributed by atoms with Gasteiger partial charge in [0.1, 0.15) is 0 Å². The van der Waals surface area contributed by atoms with Crippen LogP contribution in [0.2, 0.25) is 0 Å². The number of Topliss-reactive ketones (excluding diaryl/α,β-unsaturated/α-hetero) is 1. The van der Waals surface area contributed by atoms with Crippen LogP contribution in [0.5, 0.6) is 0 Å². The molecule has 2 aliphatic rings. The fourth-order valence-electron chi connectivity index (χ4n) is 3.85. The SMILES string of the molecule is NC(=O)[C@@H]1CCCN(C(=O)COC(=O)CCC(=O)c2ccc3c(c2)CCC3)C1. The van der Waals surface area contributed by atoms with E-state index in [4.69, 9.17) is 10.5 Å². The standard InChI is InChI=1S/C21H26N2O5/c22-21(27)17-5-2-10-23(12-17)19(25)13-28-20(26)9-8-18(24)16-7-6-14-3-1-4-15(14)11-16/h6-7,11,17H,1-5,8-10,12-13H2,(H2,22,27)/t17-/m1/s1. The van der Waals surface area contributed by atoms with E-state index in [2.05, 4.69) is 0 Å². The van der Waals surface area contributed by atoms with Gasteiger partial charge in [0.15, 0.2) is 12.4 Å². The van der Waals surface area contributed by atoms with Crippen LogP contribution in [0.15, 0.2) is 18.2 Å². The number of hydrogen-bond donors (Lipinski definition) is 1. The van der Waals surface area contributed by atoms with E-state index in [1.165, 1.54) is 16.0 Å². The number of carbonyl (C=O) groups is 4. The maximum atomic E-state index is 12.3. The summed E-state index contributed by atoms with van der Waals surface area (Å²) >= 11 is 0. The predicted molar refractivity (Wildman–Crippen MR) is 101 cm³/mol. The van der Waals surface area contributed by atoms with Crippen molar-refractivity contribution < 1.29 is 23.9 Å². The lowest BCUT2D eigenvalue weighted by Gasteiger charge is -2.31. The zero-order chi connectivity index (χ0) is 20.1. The van der Waals surface area contributed by atoms with Crippen molar-refractivity contribution in [3.63, 3.8) is 0 Å². The molecular formula is C21H26N2O5. The number of hydrogen-bond acceptors (Lipinski definition) is 5. The first-order chi connectivity index (χ1) is 13.4. The minimum absolute atomic E-state index is 0.0548. The molecule has 0 radical (unpaired) electrons. The number of nitrogens with zero attached hydrogens (tertiary/aromatic N) is 1. The van der Waals surface area contributed by atoms with Crippen LogP contribution >= 0.6 is 0 Å². The molecule has 1 fully saturated rings. The number of primary amides is 1. The molecular weight excluding hydrogens is 360 g/mol. The van der Waals surface area contributed by atoms with Gasteiger partial charge < -0.3 is 15.4 Å². The number of benzene rings is 1. The van der Waals surface area contributed by atoms with Gasteiger partial charge in [-0.15, -0.1) is 0 Å². The van der Waals surface area contributed by atoms with Gasteiger partial charge in [-0.3, -0.25) is 19.2 Å². The summed E-state index contributed by atoms with van der Waals surface area (Å²) in [6, 6.07) is 5.72. The van der Waals surface area contributed by atoms with Crippen LogP contribution < -0.4 is 5.73 Å². The number of esters is 1. The molecule has 0 bridgehead atoms. The maximum absolute atomic E-state index is 12.3. The van der Waals surface area contributed by atoms with Crippen LogP contribution in [-0.2, 0) is 32.0 Å². The number of amides is 2. The normalized spacial score (nSPS) is 18.4. The number of fused-ring (bicyclic) bond motifs is 1. The molecule has 1 aromatic rings. The summed E-state index contributed by atoms with van der Waals surface area (Å²) in [5.41, 5.74) is 8.44. The van der Waals surface area contributed by atoms with Gasteiger partial charge in [-0.2, -0.15) is 0 Å². The van der Waals surface area contributed by atoms with Crippen molar-refractivity contribution in [2.24, 2.45) is 11.7 Å². The van der Waals surface area contributed by atoms with E-state index in [1.807, 2.05) is 18.2 Å². The highest BCUT2D eigenvalue weighted by molar-refractivity contribution is 5.98. The number of ether oxygens (including phenoxy) is 1. The highest BCUT2D eigenvalue weighted by Crippen LogP contribution is 2.23. The van der Waals surface area contributed by atoms with Crippen molar-refractivity contribution >= 4 is 23.6 Å². The summed E-state index contributed by atoms with van der Waals surface area (Å²) in [4.78, 5) is 49.2. The average molecular weight is 386 g/mol. The Balaban J connectivity index is 1.41. The largest absolute Gasteiger partial charge is 0.456 e. The minimum Gasteiger partial charge on any atom is -0.456 e. The number of carbonyl (C=O) groups excluding carboxylic acids is 4. The summed E-state index contributed by atoms with van der Waals surface area (Å²) in [6.45, 7) is 0.414. The van der Waals surface area contributed by atoms with Gasteiger partial charge in [-0.1, -0.05) is 12.1 Å². The van der Waals surface area contributed by atoms with Crippen molar-refractivity contribution in [3.05, 3.63) is 34.9 Å². The molecule has 7 heteroatoms. The molecule has 1 aromatic carbocycles. The molecule has 150 valence electrons. The molecule has 0 spiro atoms. The Morgan fingerprint density at radius 2 is 1.86 bits per heavy atom. The van der Waals surface area contributed by atoms with E-state index in [0.717, 1.165) is 19.3 Å². The topological polar surface area (TPSA) is 107 Å². The van der Waals surface area contributed by atoms with E-state index >= 15 is 0 Å². The third-order valence-electron chi connectivity index (χ3n) is 5.51. The molecule has 0 unspecified atom stereocenters. The molecule has 0 saturated carbocycles. The lowest BCUT2D eigenvalue weighted by molar-refractivity contribution is -0.153. The van der Waals surface area contributed by atoms with Crippen molar-refractivity contribution in [2.75, 3.05) is 19.7 Å². The molecule has 1 heterocycles. The zero-order valence-corrected chi connectivity index (χ0v) is 15.9. The van der Waals surface area contributed by atoms with E-state index in [-0.39, 0.29) is 43.6 Å². The Morgan fingerprint density at radius 1 is 1.07 bits per heavy atom. The molecule has 7 nitrogen and oxygen atoms in total. The second kappa shape index (κ2) is 8.99. The number of ketones is 1. The Kier molecular flexibility index (Phi) is 6.44. The predicted octanol–water partition coefficient (Wildman–Crippen LogP) is 1.41. The number of rotatable bonds is 7. The summed E-state index contributed by atoms with van der Waals surface area (Å²) in [5.74, 6) is -1.79. The van der Waals surface area contributed by atoms with Crippen LogP contribution in [0.25, 0.3) is 0 Å². The van der Waals surface area contributed by atoms with Crippen LogP contribution in [-0.4, -0.2) is 48.2 Å². The third kappa shape index (κ3) is 4.97. The van der Waals surface area contributed by atoms with Gasteiger partial charge in [0, 0.05) is 25.1 Å². The average Bonchev–Trinajstić information content (AvgIpc) is 3.18. The molecule has 2 N–H and O–H groups in total. The summed E-state index contributed by atoms with van der Waals surface area (Å²) in [6.07, 6.45) is 4.53. The molecule has 1 saturated heterocycles. The first-order valence-corrected chi connectivity index (χ1v) is 9.82. The molecule has 3 rings (SSSR count). The molecule has 1 atom stereocenters. The third-order valence-corrected chi connectivity index (χ3v) is 5.51. The molecule has 28 heavy (non-hydrogen) atoms. The molecule has 1 aliphatic heterocycles. The van der Waals surface area contributed by atoms with Gasteiger partial charge in [-0.05, 0) is 49.3 Å². The van der Waals surface area contributed by atoms with E-state index < -0.39 is 11.9 Å². The smallest absolute Gasteiger partial charge is 0.306 e. The quantitative estimate of drug-likeness (QED) is 0.563. The number of aryl methyl sites for hydroxylation is 2. The lowest BCUT2D eigenvalue weighted by atomic mass is 9.97. The Morgan fingerprint density at radius 3 is 2.64 bits per heavy atom. The Labute approximate surface area is 164 Å². The Bertz CT molecular complexity index is 789. The van der Waals surface area contributed by atoms with Crippen LogP contribution in [0.4, 0.5) is 0 Å². The summed E-state index contributed by atoms with van der Waals surface area (Å²) < 4.78 is 5.01. The minimum atomic E-state index is -0.577. The molecule has 0 aromatic heterocycles. The van der Waals surface area contributed by atoms with E-state index in [9.17, 15) is 19.2 Å². The van der Waals surface area contributed by atoms with Gasteiger partial charge in [0.25, 0.3) is 5.91 Å². The van der Waals surface area contributed by atoms with Gasteiger partial charge in [0.05, 0.1) is 12.3 Å². The maximum Gasteiger partial charge on any atom is 0.306 e. The van der Waals surface area contributed by atoms with Crippen molar-refractivity contribution in [1.82, 2.24) is 4.90 Å². The highest BCUT2D eigenvalue weighted by Gasteiger charge is 2.27. The van der Waals surface area contributed by atoms with E-state index in [0.29, 0.717) is 24.9 Å². The second-order valence-corrected chi connectivity index (χ2v) is 7.50. The van der Waals surface area contributed by atoms with Crippen LogP contribution in [0, 0.1) is 5.92 Å². The van der Waals surface area contributed by atoms with E-state index in [1.54, 1.807) is 0 Å². The van der Waals surface area contributed by atoms with Crippen LogP contribution in [0.1, 0.15) is 53.6 Å². The first-order valence-electron chi connectivity index (χ1n) is 9.82. The van der Waals surface area contributed by atoms with Crippen LogP contribution in [0.3, 0.4) is 0 Å². The fraction of sp³-hybridized carbons (Fsp3) is 0.524. The summed E-state index contributed by atoms with van der Waals surface area (Å²) in [5, 5.41) is 0. The van der Waals surface area contributed by atoms with Gasteiger partial charge >= 0.3 is 5.97 Å². The lowest BCUT2D eigenvalue weighted by Crippen LogP contribution is -2.45. The van der Waals surface area contributed by atoms with Crippen molar-refractivity contribution in [3.8, 4) is 0 Å². The van der Waals surface area contributed by atoms with Gasteiger partial charge in [-0.25, -0.2) is 0 Å². The monoisotopic (exact) mass is 386 g/mol. The highest BCUT2D eigenvalue weighted by atomic mass is 16.5. The first kappa shape index (κ1) is 20.0. The Hall–Kier alpha value is -2.70. The fourth-order valence-corrected chi connectivity index (χ4v) is 3.85. The number of piperidine rings is 1. The zero-order valence-electron chi connectivity index (χ0n) is 15.9. The van der Waals surface area contributed by atoms with Gasteiger partial charge in [0.2, 0.25) is 5.91 Å². The second-order valence-electron chi connectivity index (χ2n) is 7.50. The van der Waals surface area contributed by atoms with Crippen molar-refractivity contribution in [2.45, 2.75) is 44.9 Å². The molecule has 1 aliphatic carbocycles.